The molecule has 0 bridgehead atoms. The summed E-state index contributed by atoms with van der Waals surface area (Å²) in [5.74, 6) is 0.102. The molecule has 38 heavy (non-hydrogen) atoms. The monoisotopic (exact) mass is 537 g/mol. The smallest absolute Gasteiger partial charge is 0.295 e. The van der Waals surface area contributed by atoms with Crippen LogP contribution in [-0.4, -0.2) is 49.6 Å². The maximum absolute atomic E-state index is 13.5. The fourth-order valence-electron chi connectivity index (χ4n) is 4.55. The second kappa shape index (κ2) is 11.6. The normalized spacial score (nSPS) is 16.6. The molecule has 8 nitrogen and oxygen atoms in total. The molecular weight excluding hydrogens is 506 g/mol. The van der Waals surface area contributed by atoms with Crippen LogP contribution in [0.15, 0.2) is 53.4 Å². The summed E-state index contributed by atoms with van der Waals surface area (Å²) in [5, 5.41) is 13.4. The van der Waals surface area contributed by atoms with Gasteiger partial charge in [-0.3, -0.25) is 9.59 Å². The average molecular weight is 538 g/mol. The number of carbonyl (C=O) groups is 2. The lowest BCUT2D eigenvalue weighted by Crippen LogP contribution is -2.29. The predicted octanol–water partition coefficient (Wildman–Crippen LogP) is 5.49. The number of hydrogen-bond donors (Lipinski definition) is 1. The highest BCUT2D eigenvalue weighted by molar-refractivity contribution is 7.09. The third-order valence-corrected chi connectivity index (χ3v) is 7.22. The van der Waals surface area contributed by atoms with Crippen LogP contribution in [0.5, 0.6) is 23.0 Å². The summed E-state index contributed by atoms with van der Waals surface area (Å²) in [4.78, 5) is 29.2. The lowest BCUT2D eigenvalue weighted by Gasteiger charge is -2.26. The molecule has 0 saturated carbocycles. The number of benzene rings is 2. The van der Waals surface area contributed by atoms with Crippen LogP contribution in [0.3, 0.4) is 0 Å². The number of thiophene rings is 1. The number of ether oxygens (including phenoxy) is 4. The molecule has 2 aromatic carbocycles. The fraction of sp³-hybridized carbons (Fsp3) is 0.310. The van der Waals surface area contributed by atoms with Crippen molar-refractivity contribution in [1.82, 2.24) is 4.90 Å². The topological polar surface area (TPSA) is 94.5 Å². The van der Waals surface area contributed by atoms with Crippen LogP contribution in [-0.2, 0) is 16.1 Å². The van der Waals surface area contributed by atoms with E-state index in [0.717, 1.165) is 16.9 Å². The molecule has 1 unspecified atom stereocenters. The van der Waals surface area contributed by atoms with Gasteiger partial charge in [-0.25, -0.2) is 0 Å². The standard InChI is InChI=1S/C29H31NO7S/c1-6-11-37-21-10-9-18(13-17(21)2)26(31)24-25(19-14-22(34-3)28(36-5)23(15-19)35-4)30(29(33)27(24)32)16-20-8-7-12-38-20/h7-10,12-15,25,31H,6,11,16H2,1-5H3/b26-24+. The van der Waals surface area contributed by atoms with Crippen LogP contribution < -0.4 is 18.9 Å². The van der Waals surface area contributed by atoms with Crippen molar-refractivity contribution in [3.8, 4) is 23.0 Å². The van der Waals surface area contributed by atoms with Gasteiger partial charge in [0.25, 0.3) is 11.7 Å². The first-order valence-electron chi connectivity index (χ1n) is 12.2. The van der Waals surface area contributed by atoms with Gasteiger partial charge >= 0.3 is 0 Å². The molecule has 1 aliphatic heterocycles. The number of Topliss-reactive ketones (excluding diaryl/α,β-unsaturated/α-hetero) is 1. The minimum atomic E-state index is -0.887. The summed E-state index contributed by atoms with van der Waals surface area (Å²) >= 11 is 1.48. The van der Waals surface area contributed by atoms with Crippen molar-refractivity contribution in [1.29, 1.82) is 0 Å². The summed E-state index contributed by atoms with van der Waals surface area (Å²) in [7, 11) is 4.49. The van der Waals surface area contributed by atoms with E-state index in [4.69, 9.17) is 18.9 Å². The molecule has 1 aromatic heterocycles. The van der Waals surface area contributed by atoms with Crippen molar-refractivity contribution in [2.45, 2.75) is 32.9 Å². The molecule has 1 N–H and O–H groups in total. The Hall–Kier alpha value is -3.98. The molecule has 3 aromatic rings. The SMILES string of the molecule is CCCOc1ccc(/C(O)=C2\C(=O)C(=O)N(Cc3cccs3)C2c2cc(OC)c(OC)c(OC)c2)cc1C. The largest absolute Gasteiger partial charge is 0.507 e. The average Bonchev–Trinajstić information content (AvgIpc) is 3.53. The fourth-order valence-corrected chi connectivity index (χ4v) is 5.25. The zero-order chi connectivity index (χ0) is 27.4. The number of rotatable bonds is 10. The number of ketones is 1. The first-order valence-corrected chi connectivity index (χ1v) is 13.1. The van der Waals surface area contributed by atoms with Gasteiger partial charge in [-0.15, -0.1) is 11.3 Å². The van der Waals surface area contributed by atoms with E-state index < -0.39 is 17.7 Å². The van der Waals surface area contributed by atoms with Crippen molar-refractivity contribution in [3.05, 3.63) is 75.0 Å². The molecule has 1 saturated heterocycles. The predicted molar refractivity (Wildman–Crippen MR) is 145 cm³/mol. The van der Waals surface area contributed by atoms with Crippen LogP contribution in [0.4, 0.5) is 0 Å². The molecule has 200 valence electrons. The van der Waals surface area contributed by atoms with Crippen LogP contribution in [0.2, 0.25) is 0 Å². The molecule has 0 radical (unpaired) electrons. The number of likely N-dealkylation sites (tertiary alicyclic amines) is 1. The minimum Gasteiger partial charge on any atom is -0.507 e. The number of aryl methyl sites for hydroxylation is 1. The van der Waals surface area contributed by atoms with Gasteiger partial charge in [0.05, 0.1) is 46.1 Å². The van der Waals surface area contributed by atoms with Gasteiger partial charge in [0, 0.05) is 10.4 Å². The molecule has 1 fully saturated rings. The van der Waals surface area contributed by atoms with Crippen LogP contribution in [0.25, 0.3) is 5.76 Å². The van der Waals surface area contributed by atoms with E-state index in [-0.39, 0.29) is 17.9 Å². The van der Waals surface area contributed by atoms with E-state index in [1.54, 1.807) is 30.3 Å². The second-order valence-corrected chi connectivity index (χ2v) is 9.83. The highest BCUT2D eigenvalue weighted by Gasteiger charge is 2.46. The highest BCUT2D eigenvalue weighted by atomic mass is 32.1. The lowest BCUT2D eigenvalue weighted by atomic mass is 9.94. The third-order valence-electron chi connectivity index (χ3n) is 6.36. The number of amides is 1. The molecule has 1 atom stereocenters. The number of methoxy groups -OCH3 is 3. The zero-order valence-corrected chi connectivity index (χ0v) is 22.9. The van der Waals surface area contributed by atoms with Gasteiger partial charge in [-0.1, -0.05) is 13.0 Å². The first-order chi connectivity index (χ1) is 18.3. The first kappa shape index (κ1) is 27.1. The Bertz CT molecular complexity index is 1340. The summed E-state index contributed by atoms with van der Waals surface area (Å²) in [6.45, 7) is 4.66. The molecule has 0 aliphatic carbocycles. The maximum Gasteiger partial charge on any atom is 0.295 e. The van der Waals surface area contributed by atoms with Crippen LogP contribution in [0.1, 0.15) is 41.0 Å². The Morgan fingerprint density at radius 3 is 2.26 bits per heavy atom. The number of nitrogens with zero attached hydrogens (tertiary/aromatic N) is 1. The van der Waals surface area contributed by atoms with Crippen molar-refractivity contribution in [2.24, 2.45) is 0 Å². The number of aliphatic hydroxyl groups excluding tert-OH is 1. The van der Waals surface area contributed by atoms with Gasteiger partial charge in [0.1, 0.15) is 11.5 Å². The van der Waals surface area contributed by atoms with E-state index in [9.17, 15) is 14.7 Å². The molecule has 1 aliphatic rings. The minimum absolute atomic E-state index is 0.0116. The van der Waals surface area contributed by atoms with Gasteiger partial charge in [0.2, 0.25) is 5.75 Å². The number of hydrogen-bond acceptors (Lipinski definition) is 8. The van der Waals surface area contributed by atoms with E-state index in [2.05, 4.69) is 0 Å². The van der Waals surface area contributed by atoms with E-state index >= 15 is 0 Å². The summed E-state index contributed by atoms with van der Waals surface area (Å²) < 4.78 is 22.3. The second-order valence-electron chi connectivity index (χ2n) is 8.79. The molecular formula is C29H31NO7S. The third kappa shape index (κ3) is 5.06. The molecule has 0 spiro atoms. The zero-order valence-electron chi connectivity index (χ0n) is 22.1. The van der Waals surface area contributed by atoms with Crippen molar-refractivity contribution in [2.75, 3.05) is 27.9 Å². The molecule has 2 heterocycles. The highest BCUT2D eigenvalue weighted by Crippen LogP contribution is 2.46. The summed E-state index contributed by atoms with van der Waals surface area (Å²) in [6.07, 6.45) is 0.865. The molecule has 1 amide bonds. The molecule has 9 heteroatoms. The van der Waals surface area contributed by atoms with Crippen molar-refractivity contribution in [3.63, 3.8) is 0 Å². The van der Waals surface area contributed by atoms with E-state index in [1.807, 2.05) is 31.4 Å². The Morgan fingerprint density at radius 2 is 1.71 bits per heavy atom. The summed E-state index contributed by atoms with van der Waals surface area (Å²) in [6, 6.07) is 11.5. The Balaban J connectivity index is 1.90. The van der Waals surface area contributed by atoms with Crippen LogP contribution >= 0.6 is 11.3 Å². The van der Waals surface area contributed by atoms with E-state index in [0.29, 0.717) is 40.7 Å². The van der Waals surface area contributed by atoms with Crippen molar-refractivity contribution >= 4 is 28.8 Å². The van der Waals surface area contributed by atoms with Gasteiger partial charge < -0.3 is 29.0 Å². The number of aliphatic hydroxyl groups is 1. The van der Waals surface area contributed by atoms with E-state index in [1.165, 1.54) is 37.6 Å². The Morgan fingerprint density at radius 1 is 1.00 bits per heavy atom. The van der Waals surface area contributed by atoms with Gasteiger partial charge in [0.15, 0.2) is 11.5 Å². The van der Waals surface area contributed by atoms with Gasteiger partial charge in [-0.05, 0) is 66.2 Å². The molecule has 4 rings (SSSR count). The Kier molecular flexibility index (Phi) is 8.26. The van der Waals surface area contributed by atoms with Crippen molar-refractivity contribution < 1.29 is 33.6 Å². The number of carbonyl (C=O) groups excluding carboxylic acids is 2. The maximum atomic E-state index is 13.5. The quantitative estimate of drug-likeness (QED) is 0.208. The lowest BCUT2D eigenvalue weighted by molar-refractivity contribution is -0.140. The Labute approximate surface area is 226 Å². The summed E-state index contributed by atoms with van der Waals surface area (Å²) in [5.41, 5.74) is 1.75. The van der Waals surface area contributed by atoms with Crippen LogP contribution in [0, 0.1) is 6.92 Å². The van der Waals surface area contributed by atoms with Gasteiger partial charge in [-0.2, -0.15) is 0 Å².